The third-order valence-corrected chi connectivity index (χ3v) is 12.1. The number of ether oxygens (including phenoxy) is 1. The molecule has 2 N–H and O–H groups in total. The first-order valence-corrected chi connectivity index (χ1v) is 20.3. The molecular weight excluding hydrogens is 741 g/mol. The average molecular weight is 785 g/mol. The zero-order valence-corrected chi connectivity index (χ0v) is 34.4. The lowest BCUT2D eigenvalue weighted by Gasteiger charge is -2.39. The molecule has 1 aliphatic carbocycles. The number of aromatic hydroxyl groups is 2. The van der Waals surface area contributed by atoms with Crippen molar-refractivity contribution in [3.05, 3.63) is 179 Å². The minimum absolute atomic E-state index is 0.0570. The molecule has 0 bridgehead atoms. The van der Waals surface area contributed by atoms with Crippen LogP contribution >= 0.6 is 0 Å². The molecule has 2 aromatic heterocycles. The van der Waals surface area contributed by atoms with Gasteiger partial charge in [-0.2, -0.15) is 0 Å². The van der Waals surface area contributed by atoms with Crippen molar-refractivity contribution in [3.63, 3.8) is 0 Å². The summed E-state index contributed by atoms with van der Waals surface area (Å²) in [5.74, 6) is 2.53. The van der Waals surface area contributed by atoms with Gasteiger partial charge in [0, 0.05) is 70.3 Å². The van der Waals surface area contributed by atoms with Crippen molar-refractivity contribution >= 4 is 0 Å². The average Bonchev–Trinajstić information content (AvgIpc) is 3.52. The van der Waals surface area contributed by atoms with Crippen molar-refractivity contribution in [2.75, 3.05) is 0 Å². The molecular formula is C53H44N4O3. The lowest BCUT2D eigenvalue weighted by molar-refractivity contribution is 0.417. The minimum Gasteiger partial charge on any atom is -0.508 e. The number of hydrogen-bond donors (Lipinski definition) is 2. The number of fused-ring (bicyclic) bond motifs is 9. The van der Waals surface area contributed by atoms with Crippen molar-refractivity contribution < 1.29 is 14.9 Å². The molecule has 8 aromatic rings. The van der Waals surface area contributed by atoms with E-state index in [-0.39, 0.29) is 22.3 Å². The number of phenolic OH excluding ortho intramolecular Hbond substituents is 2. The minimum atomic E-state index is -0.883. The fraction of sp³-hybridized carbons (Fsp3) is 0.170. The van der Waals surface area contributed by atoms with Crippen LogP contribution in [0.5, 0.6) is 23.0 Å². The Kier molecular flexibility index (Phi) is 8.34. The van der Waals surface area contributed by atoms with Crippen molar-refractivity contribution in [2.45, 2.75) is 57.8 Å². The van der Waals surface area contributed by atoms with Crippen LogP contribution < -0.4 is 4.74 Å². The summed E-state index contributed by atoms with van der Waals surface area (Å²) in [6.45, 7) is 13.2. The van der Waals surface area contributed by atoms with E-state index in [9.17, 15) is 10.2 Å². The van der Waals surface area contributed by atoms with E-state index in [2.05, 4.69) is 126 Å². The molecule has 0 atom stereocenters. The topological polar surface area (TPSA) is 101 Å². The van der Waals surface area contributed by atoms with E-state index in [4.69, 9.17) is 24.7 Å². The Labute approximate surface area is 350 Å². The highest BCUT2D eigenvalue weighted by Crippen LogP contribution is 2.63. The summed E-state index contributed by atoms with van der Waals surface area (Å²) >= 11 is 0. The highest BCUT2D eigenvalue weighted by molar-refractivity contribution is 5.92. The van der Waals surface area contributed by atoms with Gasteiger partial charge in [0.15, 0.2) is 11.6 Å². The summed E-state index contributed by atoms with van der Waals surface area (Å²) in [6, 6.07) is 40.6. The number of aromatic nitrogens is 4. The van der Waals surface area contributed by atoms with E-state index in [0.717, 1.165) is 66.8 Å². The Bertz CT molecular complexity index is 2760. The van der Waals surface area contributed by atoms with Crippen LogP contribution in [-0.4, -0.2) is 30.1 Å². The summed E-state index contributed by atoms with van der Waals surface area (Å²) in [5, 5.41) is 21.5. The fourth-order valence-corrected chi connectivity index (χ4v) is 8.83. The molecule has 0 fully saturated rings. The maximum Gasteiger partial charge on any atom is 0.159 e. The van der Waals surface area contributed by atoms with Gasteiger partial charge < -0.3 is 14.9 Å². The van der Waals surface area contributed by atoms with Gasteiger partial charge in [0.05, 0.1) is 5.41 Å². The van der Waals surface area contributed by atoms with Crippen LogP contribution in [0.1, 0.15) is 74.9 Å². The number of phenols is 2. The largest absolute Gasteiger partial charge is 0.508 e. The molecule has 0 saturated carbocycles. The van der Waals surface area contributed by atoms with Crippen molar-refractivity contribution in [1.82, 2.24) is 19.9 Å². The van der Waals surface area contributed by atoms with E-state index < -0.39 is 5.41 Å². The predicted octanol–water partition coefficient (Wildman–Crippen LogP) is 12.4. The maximum atomic E-state index is 10.7. The van der Waals surface area contributed by atoms with Crippen LogP contribution in [0.15, 0.2) is 146 Å². The molecule has 1 spiro atoms. The van der Waals surface area contributed by atoms with Crippen molar-refractivity contribution in [3.8, 4) is 79.2 Å². The second kappa shape index (κ2) is 13.5. The highest BCUT2D eigenvalue weighted by atomic mass is 16.5. The predicted molar refractivity (Wildman–Crippen MR) is 237 cm³/mol. The lowest BCUT2D eigenvalue weighted by Crippen LogP contribution is -2.32. The third-order valence-electron chi connectivity index (χ3n) is 12.1. The first kappa shape index (κ1) is 37.2. The molecule has 294 valence electrons. The van der Waals surface area contributed by atoms with Gasteiger partial charge in [-0.1, -0.05) is 126 Å². The van der Waals surface area contributed by atoms with Crippen LogP contribution in [0.2, 0.25) is 0 Å². The van der Waals surface area contributed by atoms with E-state index in [1.165, 1.54) is 11.1 Å². The molecule has 2 aliphatic rings. The zero-order valence-electron chi connectivity index (χ0n) is 34.4. The molecule has 7 heteroatoms. The van der Waals surface area contributed by atoms with E-state index >= 15 is 0 Å². The first-order valence-electron chi connectivity index (χ1n) is 20.3. The van der Waals surface area contributed by atoms with Gasteiger partial charge >= 0.3 is 0 Å². The first-order chi connectivity index (χ1) is 28.8. The van der Waals surface area contributed by atoms with Crippen LogP contribution in [0.25, 0.3) is 56.2 Å². The Balaban J connectivity index is 1.11. The Morgan fingerprint density at radius 3 is 1.13 bits per heavy atom. The molecule has 7 nitrogen and oxygen atoms in total. The monoisotopic (exact) mass is 784 g/mol. The van der Waals surface area contributed by atoms with E-state index in [0.29, 0.717) is 23.1 Å². The normalized spacial score (nSPS) is 13.6. The summed E-state index contributed by atoms with van der Waals surface area (Å²) in [4.78, 5) is 19.3. The van der Waals surface area contributed by atoms with Gasteiger partial charge in [0.25, 0.3) is 0 Å². The fourth-order valence-electron chi connectivity index (χ4n) is 8.83. The summed E-state index contributed by atoms with van der Waals surface area (Å²) in [5.41, 5.74) is 13.3. The number of nitrogens with zero attached hydrogens (tertiary/aromatic N) is 4. The molecule has 10 rings (SSSR count). The summed E-state index contributed by atoms with van der Waals surface area (Å²) in [6.07, 6.45) is 7.55. The van der Waals surface area contributed by atoms with Gasteiger partial charge in [0.2, 0.25) is 0 Å². The highest BCUT2D eigenvalue weighted by Gasteiger charge is 2.51. The quantitative estimate of drug-likeness (QED) is 0.183. The van der Waals surface area contributed by atoms with Gasteiger partial charge in [-0.05, 0) is 79.6 Å². The SMILES string of the molecule is CC(C)(C)c1ccc(-c2ncc(-c3ccc4c(c3)C3(c5ccc(O)cc5Oc5cc(O)ccc53)c3cc(-c5cnc(-c6ccc(C(C)(C)C)cc6)nc5)ccc3-4)cn2)cc1. The molecule has 6 aromatic carbocycles. The number of rotatable bonds is 4. The molecule has 0 radical (unpaired) electrons. The van der Waals surface area contributed by atoms with Crippen molar-refractivity contribution in [2.24, 2.45) is 0 Å². The van der Waals surface area contributed by atoms with E-state index in [1.54, 1.807) is 24.3 Å². The van der Waals surface area contributed by atoms with Gasteiger partial charge in [0.1, 0.15) is 23.0 Å². The molecule has 0 unspecified atom stereocenters. The van der Waals surface area contributed by atoms with Gasteiger partial charge in [-0.25, -0.2) is 19.9 Å². The zero-order chi connectivity index (χ0) is 41.6. The lowest BCUT2D eigenvalue weighted by atomic mass is 9.65. The van der Waals surface area contributed by atoms with Gasteiger partial charge in [-0.15, -0.1) is 0 Å². The second-order valence-corrected chi connectivity index (χ2v) is 18.0. The molecule has 1 aliphatic heterocycles. The van der Waals surface area contributed by atoms with Crippen LogP contribution in [0.3, 0.4) is 0 Å². The maximum absolute atomic E-state index is 10.7. The number of benzene rings is 6. The Morgan fingerprint density at radius 2 is 0.767 bits per heavy atom. The van der Waals surface area contributed by atoms with Crippen LogP contribution in [0.4, 0.5) is 0 Å². The van der Waals surface area contributed by atoms with Crippen LogP contribution in [-0.2, 0) is 16.2 Å². The van der Waals surface area contributed by atoms with E-state index in [1.807, 2.05) is 36.9 Å². The second-order valence-electron chi connectivity index (χ2n) is 18.0. The molecule has 0 amide bonds. The number of hydrogen-bond acceptors (Lipinski definition) is 7. The summed E-state index contributed by atoms with van der Waals surface area (Å²) < 4.78 is 6.49. The molecule has 60 heavy (non-hydrogen) atoms. The Morgan fingerprint density at radius 1 is 0.400 bits per heavy atom. The van der Waals surface area contributed by atoms with Crippen LogP contribution in [0, 0.1) is 0 Å². The smallest absolute Gasteiger partial charge is 0.159 e. The molecule has 3 heterocycles. The standard InChI is InChI=1S/C53H44N4O3/c1-51(2,3)37-13-7-31(8-14-37)49-54-27-35(28-55-49)33-11-19-41-42-20-12-34(36-29-56-50(57-30-36)32-9-15-38(16-10-32)52(4,5)6)24-46(42)53(45(41)23-33)43-21-17-39(58)25-47(43)60-48-26-40(59)18-22-44(48)53/h7-30,58-59H,1-6H3. The van der Waals surface area contributed by atoms with Crippen molar-refractivity contribution in [1.29, 1.82) is 0 Å². The Hall–Kier alpha value is -7.12. The summed E-state index contributed by atoms with van der Waals surface area (Å²) in [7, 11) is 0. The third kappa shape index (κ3) is 6.03. The molecule has 0 saturated heterocycles. The van der Waals surface area contributed by atoms with Gasteiger partial charge in [-0.3, -0.25) is 0 Å².